The van der Waals surface area contributed by atoms with Gasteiger partial charge in [0.15, 0.2) is 12.4 Å². The van der Waals surface area contributed by atoms with Gasteiger partial charge in [-0.15, -0.1) is 23.1 Å². The molecule has 130 valence electrons. The Balaban J connectivity index is 1.60. The maximum absolute atomic E-state index is 12.8. The molecule has 0 aliphatic rings. The maximum Gasteiger partial charge on any atom is 0.316 e. The minimum absolute atomic E-state index is 0.0288. The van der Waals surface area contributed by atoms with Gasteiger partial charge in [-0.3, -0.25) is 4.79 Å². The molecule has 0 unspecified atom stereocenters. The van der Waals surface area contributed by atoms with E-state index in [0.29, 0.717) is 11.6 Å². The first kappa shape index (κ1) is 17.6. The van der Waals surface area contributed by atoms with Gasteiger partial charge in [-0.2, -0.15) is 0 Å². The molecule has 0 aliphatic heterocycles. The molecule has 25 heavy (non-hydrogen) atoms. The van der Waals surface area contributed by atoms with E-state index in [1.54, 1.807) is 23.5 Å². The molecule has 0 bridgehead atoms. The third-order valence-corrected chi connectivity index (χ3v) is 5.72. The fourth-order valence-electron chi connectivity index (χ4n) is 2.25. The van der Waals surface area contributed by atoms with Gasteiger partial charge < -0.3 is 10.5 Å². The zero-order valence-corrected chi connectivity index (χ0v) is 15.3. The number of hydrogen-bond acceptors (Lipinski definition) is 7. The minimum atomic E-state index is -0.393. The van der Waals surface area contributed by atoms with E-state index in [1.807, 2.05) is 13.8 Å². The van der Waals surface area contributed by atoms with Gasteiger partial charge in [0.25, 0.3) is 0 Å². The number of aromatic nitrogens is 2. The van der Waals surface area contributed by atoms with Crippen LogP contribution in [0.2, 0.25) is 0 Å². The van der Waals surface area contributed by atoms with Crippen LogP contribution in [0.5, 0.6) is 0 Å². The number of nitrogen functional groups attached to an aromatic ring is 1. The largest absolute Gasteiger partial charge is 0.457 e. The predicted octanol–water partition coefficient (Wildman–Crippen LogP) is 3.86. The number of carbonyl (C=O) groups excluding carboxylic acids is 1. The van der Waals surface area contributed by atoms with Crippen molar-refractivity contribution in [1.29, 1.82) is 0 Å². The minimum Gasteiger partial charge on any atom is -0.457 e. The van der Waals surface area contributed by atoms with Crippen LogP contribution in [0, 0.1) is 19.7 Å². The van der Waals surface area contributed by atoms with Gasteiger partial charge in [-0.05, 0) is 43.7 Å². The van der Waals surface area contributed by atoms with Crippen molar-refractivity contribution in [3.8, 4) is 0 Å². The van der Waals surface area contributed by atoms with Crippen LogP contribution in [-0.2, 0) is 16.1 Å². The number of rotatable bonds is 5. The molecule has 0 atom stereocenters. The van der Waals surface area contributed by atoms with Crippen molar-refractivity contribution in [2.75, 3.05) is 11.5 Å². The Kier molecular flexibility index (Phi) is 5.19. The molecular weight excluding hydrogens is 361 g/mol. The van der Waals surface area contributed by atoms with E-state index in [-0.39, 0.29) is 18.2 Å². The average molecular weight is 377 g/mol. The molecule has 2 heterocycles. The highest BCUT2D eigenvalue weighted by Crippen LogP contribution is 2.31. The predicted molar refractivity (Wildman–Crippen MR) is 98.2 cm³/mol. The lowest BCUT2D eigenvalue weighted by Gasteiger charge is -2.06. The molecule has 0 saturated heterocycles. The quantitative estimate of drug-likeness (QED) is 0.537. The number of thioether (sulfide) groups is 1. The molecule has 0 fully saturated rings. The van der Waals surface area contributed by atoms with Crippen LogP contribution in [0.1, 0.15) is 16.3 Å². The second kappa shape index (κ2) is 7.37. The maximum atomic E-state index is 12.8. The Morgan fingerprint density at radius 2 is 2.00 bits per heavy atom. The Labute approximate surface area is 152 Å². The molecule has 2 N–H and O–H groups in total. The van der Waals surface area contributed by atoms with E-state index in [0.717, 1.165) is 25.6 Å². The summed E-state index contributed by atoms with van der Waals surface area (Å²) < 4.78 is 18.0. The standard InChI is InChI=1S/C17H16FN3O2S2/c1-9-10(2)25-17-15(9)16(19)20-13(21-17)7-23-14(22)8-24-12-5-3-11(18)4-6-12/h3-6H,7-8H2,1-2H3,(H2,19,20,21). The van der Waals surface area contributed by atoms with Crippen LogP contribution in [-0.4, -0.2) is 21.7 Å². The molecule has 3 aromatic rings. The third-order valence-electron chi connectivity index (χ3n) is 3.64. The summed E-state index contributed by atoms with van der Waals surface area (Å²) in [6, 6.07) is 5.94. The fraction of sp³-hybridized carbons (Fsp3) is 0.235. The highest BCUT2D eigenvalue weighted by molar-refractivity contribution is 8.00. The Morgan fingerprint density at radius 1 is 1.28 bits per heavy atom. The first-order valence-corrected chi connectivity index (χ1v) is 9.30. The van der Waals surface area contributed by atoms with Crippen molar-refractivity contribution in [3.05, 3.63) is 46.3 Å². The lowest BCUT2D eigenvalue weighted by molar-refractivity contribution is -0.141. The summed E-state index contributed by atoms with van der Waals surface area (Å²) in [5.41, 5.74) is 7.09. The summed E-state index contributed by atoms with van der Waals surface area (Å²) in [5.74, 6) is 0.205. The Morgan fingerprint density at radius 3 is 2.72 bits per heavy atom. The summed E-state index contributed by atoms with van der Waals surface area (Å²) in [4.78, 5) is 23.2. The van der Waals surface area contributed by atoms with E-state index in [1.165, 1.54) is 23.9 Å². The first-order valence-electron chi connectivity index (χ1n) is 7.50. The van der Waals surface area contributed by atoms with Crippen molar-refractivity contribution in [2.45, 2.75) is 25.3 Å². The van der Waals surface area contributed by atoms with Crippen molar-refractivity contribution < 1.29 is 13.9 Å². The number of nitrogens with zero attached hydrogens (tertiary/aromatic N) is 2. The summed E-state index contributed by atoms with van der Waals surface area (Å²) in [7, 11) is 0. The van der Waals surface area contributed by atoms with Gasteiger partial charge in [0, 0.05) is 9.77 Å². The Bertz CT molecular complexity index is 926. The monoisotopic (exact) mass is 377 g/mol. The number of nitrogens with two attached hydrogens (primary N) is 1. The van der Waals surface area contributed by atoms with Gasteiger partial charge in [0.05, 0.1) is 11.1 Å². The molecule has 0 aliphatic carbocycles. The summed E-state index contributed by atoms with van der Waals surface area (Å²) in [6.45, 7) is 3.96. The number of ether oxygens (including phenoxy) is 1. The van der Waals surface area contributed by atoms with Crippen LogP contribution in [0.3, 0.4) is 0 Å². The molecule has 3 rings (SSSR count). The number of benzene rings is 1. The number of aryl methyl sites for hydroxylation is 2. The number of hydrogen-bond donors (Lipinski definition) is 1. The number of fused-ring (bicyclic) bond motifs is 1. The average Bonchev–Trinajstić information content (AvgIpc) is 2.87. The number of halogens is 1. The SMILES string of the molecule is Cc1sc2nc(COC(=O)CSc3ccc(F)cc3)nc(N)c2c1C. The van der Waals surface area contributed by atoms with Crippen molar-refractivity contribution in [1.82, 2.24) is 9.97 Å². The van der Waals surface area contributed by atoms with Gasteiger partial charge >= 0.3 is 5.97 Å². The molecule has 0 saturated carbocycles. The second-order valence-corrected chi connectivity index (χ2v) is 7.64. The van der Waals surface area contributed by atoms with Gasteiger partial charge in [-0.1, -0.05) is 0 Å². The molecule has 5 nitrogen and oxygen atoms in total. The lowest BCUT2D eigenvalue weighted by atomic mass is 10.2. The summed E-state index contributed by atoms with van der Waals surface area (Å²) >= 11 is 2.82. The summed E-state index contributed by atoms with van der Waals surface area (Å²) in [6.07, 6.45) is 0. The van der Waals surface area contributed by atoms with E-state index in [2.05, 4.69) is 9.97 Å². The highest BCUT2D eigenvalue weighted by atomic mass is 32.2. The topological polar surface area (TPSA) is 78.1 Å². The molecular formula is C17H16FN3O2S2. The van der Waals surface area contributed by atoms with Crippen LogP contribution < -0.4 is 5.73 Å². The van der Waals surface area contributed by atoms with E-state index < -0.39 is 5.97 Å². The van der Waals surface area contributed by atoms with Crippen molar-refractivity contribution >= 4 is 45.1 Å². The molecule has 0 amide bonds. The van der Waals surface area contributed by atoms with Crippen LogP contribution in [0.4, 0.5) is 10.2 Å². The van der Waals surface area contributed by atoms with E-state index >= 15 is 0 Å². The van der Waals surface area contributed by atoms with Crippen molar-refractivity contribution in [3.63, 3.8) is 0 Å². The third kappa shape index (κ3) is 4.08. The number of carbonyl (C=O) groups is 1. The molecule has 0 spiro atoms. The fourth-order valence-corrected chi connectivity index (χ4v) is 4.00. The number of thiophene rings is 1. The number of anilines is 1. The number of esters is 1. The lowest BCUT2D eigenvalue weighted by Crippen LogP contribution is -2.10. The zero-order valence-electron chi connectivity index (χ0n) is 13.7. The van der Waals surface area contributed by atoms with Crippen LogP contribution in [0.15, 0.2) is 29.2 Å². The normalized spacial score (nSPS) is 11.0. The molecule has 0 radical (unpaired) electrons. The molecule has 2 aromatic heterocycles. The highest BCUT2D eigenvalue weighted by Gasteiger charge is 2.14. The van der Waals surface area contributed by atoms with Crippen LogP contribution in [0.25, 0.3) is 10.2 Å². The van der Waals surface area contributed by atoms with Crippen LogP contribution >= 0.6 is 23.1 Å². The van der Waals surface area contributed by atoms with Crippen molar-refractivity contribution in [2.24, 2.45) is 0 Å². The molecule has 8 heteroatoms. The Hall–Kier alpha value is -2.19. The zero-order chi connectivity index (χ0) is 18.0. The molecule has 1 aromatic carbocycles. The van der Waals surface area contributed by atoms with Gasteiger partial charge in [0.1, 0.15) is 16.5 Å². The van der Waals surface area contributed by atoms with Gasteiger partial charge in [0.2, 0.25) is 0 Å². The van der Waals surface area contributed by atoms with Gasteiger partial charge in [-0.25, -0.2) is 14.4 Å². The smallest absolute Gasteiger partial charge is 0.316 e. The first-order chi connectivity index (χ1) is 11.9. The van der Waals surface area contributed by atoms with E-state index in [4.69, 9.17) is 10.5 Å². The second-order valence-electron chi connectivity index (χ2n) is 5.39. The van der Waals surface area contributed by atoms with E-state index in [9.17, 15) is 9.18 Å². The summed E-state index contributed by atoms with van der Waals surface area (Å²) in [5, 5.41) is 0.865.